The molecule has 0 saturated heterocycles. The summed E-state index contributed by atoms with van der Waals surface area (Å²) in [7, 11) is 0. The highest BCUT2D eigenvalue weighted by atomic mass is 16.3. The van der Waals surface area contributed by atoms with Gasteiger partial charge in [0.1, 0.15) is 5.75 Å². The van der Waals surface area contributed by atoms with E-state index in [0.29, 0.717) is 12.1 Å². The molecule has 1 amide bonds. The smallest absolute Gasteiger partial charge is 0.255 e. The fourth-order valence-electron chi connectivity index (χ4n) is 2.96. The first-order valence-corrected chi connectivity index (χ1v) is 8.50. The number of hydrogen-bond donors (Lipinski definition) is 3. The van der Waals surface area contributed by atoms with Crippen molar-refractivity contribution in [1.29, 1.82) is 0 Å². The molecule has 0 fully saturated rings. The fourth-order valence-corrected chi connectivity index (χ4v) is 2.96. The number of phenolic OH excluding ortho intramolecular Hbond substituents is 1. The van der Waals surface area contributed by atoms with Gasteiger partial charge in [0.25, 0.3) is 5.91 Å². The molecular weight excluding hydrogens is 326 g/mol. The molecule has 3 rings (SSSR count). The van der Waals surface area contributed by atoms with Gasteiger partial charge in [0, 0.05) is 12.5 Å². The van der Waals surface area contributed by atoms with Crippen LogP contribution in [0.5, 0.6) is 5.75 Å². The summed E-state index contributed by atoms with van der Waals surface area (Å²) >= 11 is 0. The van der Waals surface area contributed by atoms with Gasteiger partial charge in [0.05, 0.1) is 12.2 Å². The maximum absolute atomic E-state index is 12.5. The highest BCUT2D eigenvalue weighted by Gasteiger charge is 2.17. The van der Waals surface area contributed by atoms with Gasteiger partial charge in [-0.25, -0.2) is 0 Å². The summed E-state index contributed by atoms with van der Waals surface area (Å²) in [5.41, 5.74) is 2.98. The normalized spacial score (nSPS) is 10.7. The Morgan fingerprint density at radius 3 is 1.96 bits per heavy atom. The van der Waals surface area contributed by atoms with Gasteiger partial charge in [0.2, 0.25) is 0 Å². The molecule has 0 bridgehead atoms. The lowest BCUT2D eigenvalue weighted by atomic mass is 9.91. The average Bonchev–Trinajstić information content (AvgIpc) is 2.69. The van der Waals surface area contributed by atoms with Crippen LogP contribution >= 0.6 is 0 Å². The van der Waals surface area contributed by atoms with Crippen molar-refractivity contribution in [2.75, 3.05) is 6.54 Å². The van der Waals surface area contributed by atoms with E-state index in [1.165, 1.54) is 12.1 Å². The van der Waals surface area contributed by atoms with E-state index in [0.717, 1.165) is 11.1 Å². The molecular formula is C22H21NO3. The number of rotatable bonds is 6. The number of hydrogen-bond acceptors (Lipinski definition) is 3. The van der Waals surface area contributed by atoms with E-state index >= 15 is 0 Å². The van der Waals surface area contributed by atoms with E-state index in [1.54, 1.807) is 6.07 Å². The number of aliphatic hydroxyl groups excluding tert-OH is 1. The zero-order valence-corrected chi connectivity index (χ0v) is 14.3. The van der Waals surface area contributed by atoms with Crippen molar-refractivity contribution in [3.63, 3.8) is 0 Å². The molecule has 132 valence electrons. The number of aromatic hydroxyl groups is 1. The van der Waals surface area contributed by atoms with Crippen LogP contribution in [-0.2, 0) is 6.61 Å². The van der Waals surface area contributed by atoms with E-state index in [4.69, 9.17) is 5.11 Å². The molecule has 0 spiro atoms. The van der Waals surface area contributed by atoms with Crippen LogP contribution in [-0.4, -0.2) is 22.7 Å². The summed E-state index contributed by atoms with van der Waals surface area (Å²) in [5, 5.41) is 22.0. The van der Waals surface area contributed by atoms with E-state index in [2.05, 4.69) is 5.32 Å². The number of aliphatic hydroxyl groups is 1. The van der Waals surface area contributed by atoms with Crippen molar-refractivity contribution in [2.24, 2.45) is 0 Å². The van der Waals surface area contributed by atoms with Gasteiger partial charge in [-0.1, -0.05) is 66.7 Å². The zero-order chi connectivity index (χ0) is 18.4. The first-order valence-electron chi connectivity index (χ1n) is 8.50. The van der Waals surface area contributed by atoms with Gasteiger partial charge in [0.15, 0.2) is 0 Å². The van der Waals surface area contributed by atoms with Gasteiger partial charge in [-0.15, -0.1) is 0 Å². The van der Waals surface area contributed by atoms with Crippen molar-refractivity contribution in [3.05, 3.63) is 101 Å². The maximum Gasteiger partial charge on any atom is 0.255 e. The molecule has 26 heavy (non-hydrogen) atoms. The first-order chi connectivity index (χ1) is 12.7. The molecule has 0 saturated carbocycles. The Bertz CT molecular complexity index is 824. The third kappa shape index (κ3) is 4.10. The predicted molar refractivity (Wildman–Crippen MR) is 101 cm³/mol. The monoisotopic (exact) mass is 347 g/mol. The van der Waals surface area contributed by atoms with Crippen LogP contribution in [0.15, 0.2) is 78.9 Å². The molecule has 0 aliphatic heterocycles. The minimum Gasteiger partial charge on any atom is -0.507 e. The van der Waals surface area contributed by atoms with Crippen LogP contribution in [0.4, 0.5) is 0 Å². The molecule has 4 nitrogen and oxygen atoms in total. The molecule has 0 aliphatic carbocycles. The largest absolute Gasteiger partial charge is 0.507 e. The van der Waals surface area contributed by atoms with Gasteiger partial charge >= 0.3 is 0 Å². The first kappa shape index (κ1) is 17.7. The number of carbonyl (C=O) groups is 1. The fraction of sp³-hybridized carbons (Fsp3) is 0.136. The van der Waals surface area contributed by atoms with Gasteiger partial charge in [-0.2, -0.15) is 0 Å². The molecule has 0 aliphatic rings. The third-order valence-corrected chi connectivity index (χ3v) is 4.36. The highest BCUT2D eigenvalue weighted by molar-refractivity contribution is 5.96. The summed E-state index contributed by atoms with van der Waals surface area (Å²) in [5.74, 6) is -0.464. The molecule has 0 radical (unpaired) electrons. The zero-order valence-electron chi connectivity index (χ0n) is 14.3. The quantitative estimate of drug-likeness (QED) is 0.640. The van der Waals surface area contributed by atoms with E-state index in [9.17, 15) is 9.90 Å². The number of amides is 1. The summed E-state index contributed by atoms with van der Waals surface area (Å²) in [4.78, 5) is 12.5. The minimum absolute atomic E-state index is 0.0141. The van der Waals surface area contributed by atoms with Crippen molar-refractivity contribution in [2.45, 2.75) is 12.5 Å². The van der Waals surface area contributed by atoms with Crippen LogP contribution in [0.2, 0.25) is 0 Å². The standard InChI is InChI=1S/C22H21NO3/c24-15-16-11-12-19(21(25)13-16)22(26)23-14-20(17-7-3-1-4-8-17)18-9-5-2-6-10-18/h1-13,20,24-25H,14-15H2,(H,23,26). The lowest BCUT2D eigenvalue weighted by molar-refractivity contribution is 0.0949. The van der Waals surface area contributed by atoms with Crippen LogP contribution < -0.4 is 5.32 Å². The molecule has 0 aromatic heterocycles. The van der Waals surface area contributed by atoms with Crippen molar-refractivity contribution >= 4 is 5.91 Å². The molecule has 3 aromatic rings. The van der Waals surface area contributed by atoms with E-state index < -0.39 is 0 Å². The Labute approximate surface area is 152 Å². The second-order valence-electron chi connectivity index (χ2n) is 6.09. The van der Waals surface area contributed by atoms with Crippen LogP contribution in [0.25, 0.3) is 0 Å². The SMILES string of the molecule is O=C(NCC(c1ccccc1)c1ccccc1)c1ccc(CO)cc1O. The Balaban J connectivity index is 1.79. The third-order valence-electron chi connectivity index (χ3n) is 4.36. The number of phenols is 1. The van der Waals surface area contributed by atoms with Crippen LogP contribution in [0.1, 0.15) is 33.0 Å². The van der Waals surface area contributed by atoms with Gasteiger partial charge in [-0.05, 0) is 28.8 Å². The Morgan fingerprint density at radius 2 is 1.46 bits per heavy atom. The topological polar surface area (TPSA) is 69.6 Å². The highest BCUT2D eigenvalue weighted by Crippen LogP contribution is 2.24. The second-order valence-corrected chi connectivity index (χ2v) is 6.09. The second kappa shape index (κ2) is 8.32. The molecule has 3 N–H and O–H groups in total. The summed E-state index contributed by atoms with van der Waals surface area (Å²) < 4.78 is 0. The molecule has 0 unspecified atom stereocenters. The Kier molecular flexibility index (Phi) is 5.66. The summed E-state index contributed by atoms with van der Waals surface area (Å²) in [6, 6.07) is 24.6. The van der Waals surface area contributed by atoms with Gasteiger partial charge < -0.3 is 15.5 Å². The summed E-state index contributed by atoms with van der Waals surface area (Å²) in [6.07, 6.45) is 0. The van der Waals surface area contributed by atoms with E-state index in [-0.39, 0.29) is 29.7 Å². The van der Waals surface area contributed by atoms with Crippen LogP contribution in [0, 0.1) is 0 Å². The van der Waals surface area contributed by atoms with E-state index in [1.807, 2.05) is 60.7 Å². The number of benzene rings is 3. The Hall–Kier alpha value is -3.11. The van der Waals surface area contributed by atoms with Gasteiger partial charge in [-0.3, -0.25) is 4.79 Å². The summed E-state index contributed by atoms with van der Waals surface area (Å²) in [6.45, 7) is 0.230. The lowest BCUT2D eigenvalue weighted by Gasteiger charge is -2.19. The van der Waals surface area contributed by atoms with Crippen molar-refractivity contribution in [1.82, 2.24) is 5.32 Å². The molecule has 0 heterocycles. The minimum atomic E-state index is -0.344. The van der Waals surface area contributed by atoms with Crippen molar-refractivity contribution in [3.8, 4) is 5.75 Å². The molecule has 3 aromatic carbocycles. The Morgan fingerprint density at radius 1 is 0.885 bits per heavy atom. The average molecular weight is 347 g/mol. The van der Waals surface area contributed by atoms with Crippen molar-refractivity contribution < 1.29 is 15.0 Å². The number of nitrogens with one attached hydrogen (secondary N) is 1. The number of carbonyl (C=O) groups excluding carboxylic acids is 1. The molecule has 4 heteroatoms. The predicted octanol–water partition coefficient (Wildman–Crippen LogP) is 3.45. The lowest BCUT2D eigenvalue weighted by Crippen LogP contribution is -2.29. The van der Waals surface area contributed by atoms with Crippen LogP contribution in [0.3, 0.4) is 0 Å². The maximum atomic E-state index is 12.5. The molecule has 0 atom stereocenters.